The molecule has 2 aromatic heterocycles. The summed E-state index contributed by atoms with van der Waals surface area (Å²) in [6.45, 7) is 0.631. The van der Waals surface area contributed by atoms with Crippen molar-refractivity contribution in [2.45, 2.75) is 57.6 Å². The van der Waals surface area contributed by atoms with Crippen LogP contribution in [0.2, 0.25) is 0 Å². The smallest absolute Gasteiger partial charge is 0.273 e. The van der Waals surface area contributed by atoms with E-state index < -0.39 is 0 Å². The van der Waals surface area contributed by atoms with Crippen molar-refractivity contribution in [2.24, 2.45) is 11.5 Å². The number of hydrogen-bond acceptors (Lipinski definition) is 8. The molecule has 0 bridgehead atoms. The Hall–Kier alpha value is -3.89. The van der Waals surface area contributed by atoms with Crippen molar-refractivity contribution in [1.82, 2.24) is 30.6 Å². The first-order chi connectivity index (χ1) is 16.4. The fraction of sp³-hybridized carbons (Fsp3) is 0.435. The van der Waals surface area contributed by atoms with Gasteiger partial charge < -0.3 is 26.8 Å². The van der Waals surface area contributed by atoms with Gasteiger partial charge in [0.15, 0.2) is 5.69 Å². The third kappa shape index (κ3) is 7.91. The third-order valence-corrected chi connectivity index (χ3v) is 5.35. The molecule has 2 aromatic rings. The lowest BCUT2D eigenvalue weighted by Crippen LogP contribution is -2.29. The summed E-state index contributed by atoms with van der Waals surface area (Å²) in [5.41, 5.74) is 13.5. The molecule has 0 aliphatic heterocycles. The number of hydrogen-bond donors (Lipinski definition) is 4. The highest BCUT2D eigenvalue weighted by Crippen LogP contribution is 2.25. The van der Waals surface area contributed by atoms with E-state index in [9.17, 15) is 9.59 Å². The Morgan fingerprint density at radius 3 is 2.82 bits per heavy atom. The topological polar surface area (TPSA) is 163 Å². The number of ether oxygens (including phenoxy) is 1. The first kappa shape index (κ1) is 24.7. The van der Waals surface area contributed by atoms with Crippen LogP contribution in [0.25, 0.3) is 0 Å². The van der Waals surface area contributed by atoms with Crippen LogP contribution in [0.3, 0.4) is 0 Å². The molecule has 0 atom stereocenters. The monoisotopic (exact) mass is 468 g/mol. The summed E-state index contributed by atoms with van der Waals surface area (Å²) in [5, 5.41) is 12.9. The number of aromatic nitrogens is 4. The van der Waals surface area contributed by atoms with Crippen LogP contribution in [-0.2, 0) is 17.8 Å². The van der Waals surface area contributed by atoms with Gasteiger partial charge in [-0.15, -0.1) is 5.10 Å². The van der Waals surface area contributed by atoms with Gasteiger partial charge in [0.1, 0.15) is 11.6 Å². The molecule has 2 amide bonds. The average molecular weight is 469 g/mol. The molecule has 0 aromatic carbocycles. The fourth-order valence-corrected chi connectivity index (χ4v) is 3.24. The number of nitrogens with two attached hydrogens (primary N) is 2. The van der Waals surface area contributed by atoms with Gasteiger partial charge >= 0.3 is 0 Å². The van der Waals surface area contributed by atoms with Crippen molar-refractivity contribution in [1.29, 1.82) is 0 Å². The second-order valence-electron chi connectivity index (χ2n) is 8.15. The summed E-state index contributed by atoms with van der Waals surface area (Å²) in [4.78, 5) is 28.0. The van der Waals surface area contributed by atoms with E-state index in [0.717, 1.165) is 31.4 Å². The van der Waals surface area contributed by atoms with E-state index in [2.05, 4.69) is 25.9 Å². The van der Waals surface area contributed by atoms with E-state index in [-0.39, 0.29) is 35.9 Å². The van der Waals surface area contributed by atoms with Crippen LogP contribution in [0.1, 0.15) is 54.7 Å². The molecular weight excluding hydrogens is 436 g/mol. The second-order valence-corrected chi connectivity index (χ2v) is 8.15. The first-order valence-electron chi connectivity index (χ1n) is 11.4. The number of rotatable bonds is 12. The summed E-state index contributed by atoms with van der Waals surface area (Å²) >= 11 is 0. The van der Waals surface area contributed by atoms with Crippen LogP contribution < -0.4 is 26.8 Å². The molecule has 34 heavy (non-hydrogen) atoms. The predicted molar refractivity (Wildman–Crippen MR) is 126 cm³/mol. The molecule has 3 rings (SSSR count). The Kier molecular flexibility index (Phi) is 9.01. The lowest BCUT2D eigenvalue weighted by molar-refractivity contribution is -0.119. The molecule has 6 N–H and O–H groups in total. The van der Waals surface area contributed by atoms with Gasteiger partial charge in [-0.1, -0.05) is 5.21 Å². The van der Waals surface area contributed by atoms with Crippen LogP contribution >= 0.6 is 0 Å². The van der Waals surface area contributed by atoms with Crippen LogP contribution in [0, 0.1) is 0 Å². The number of amides is 2. The van der Waals surface area contributed by atoms with Gasteiger partial charge in [-0.25, -0.2) is 0 Å². The number of nitrogens with zero attached hydrogens (tertiary/aromatic N) is 4. The molecule has 11 heteroatoms. The molecule has 1 saturated carbocycles. The quantitative estimate of drug-likeness (QED) is 0.266. The summed E-state index contributed by atoms with van der Waals surface area (Å²) in [5.74, 6) is 0.409. The zero-order valence-electron chi connectivity index (χ0n) is 19.4. The van der Waals surface area contributed by atoms with E-state index in [4.69, 9.17) is 16.2 Å². The molecule has 1 fully saturated rings. The van der Waals surface area contributed by atoms with Crippen molar-refractivity contribution in [2.75, 3.05) is 7.05 Å². The van der Waals surface area contributed by atoms with Gasteiger partial charge in [0, 0.05) is 31.6 Å². The van der Waals surface area contributed by atoms with Crippen LogP contribution in [-0.4, -0.2) is 44.9 Å². The van der Waals surface area contributed by atoms with Crippen molar-refractivity contribution < 1.29 is 14.3 Å². The van der Waals surface area contributed by atoms with Crippen molar-refractivity contribution >= 4 is 11.8 Å². The third-order valence-electron chi connectivity index (χ3n) is 5.35. The number of carbonyl (C=O) groups excluding carboxylic acids is 2. The maximum Gasteiger partial charge on any atom is 0.273 e. The molecule has 11 nitrogen and oxygen atoms in total. The van der Waals surface area contributed by atoms with E-state index in [0.29, 0.717) is 24.4 Å². The summed E-state index contributed by atoms with van der Waals surface area (Å²) in [6, 6.07) is 3.59. The van der Waals surface area contributed by atoms with E-state index >= 15 is 0 Å². The standard InChI is InChI=1S/C23H32N8O3/c1-26-23(33)20-15-31(30-29-20)12-3-2-5-16(24)8-9-21(25)28-22(32)14-17-13-19(10-11-27-17)34-18-6-4-7-18/h8-11,13,15,18H,2-7,12,14,24-25H2,1H3,(H,26,33)(H,28,32)/b16-8-,21-9+. The lowest BCUT2D eigenvalue weighted by atomic mass is 9.96. The van der Waals surface area contributed by atoms with Gasteiger partial charge in [0.25, 0.3) is 5.91 Å². The van der Waals surface area contributed by atoms with Crippen LogP contribution in [0.5, 0.6) is 5.75 Å². The number of allylic oxidation sites excluding steroid dienone is 3. The Morgan fingerprint density at radius 2 is 2.09 bits per heavy atom. The van der Waals surface area contributed by atoms with Crippen LogP contribution in [0.4, 0.5) is 0 Å². The number of pyridine rings is 1. The van der Waals surface area contributed by atoms with Gasteiger partial charge in [-0.3, -0.25) is 19.3 Å². The highest BCUT2D eigenvalue weighted by atomic mass is 16.5. The highest BCUT2D eigenvalue weighted by Gasteiger charge is 2.19. The Morgan fingerprint density at radius 1 is 1.26 bits per heavy atom. The minimum absolute atomic E-state index is 0.0967. The molecule has 2 heterocycles. The number of carbonyl (C=O) groups is 2. The molecule has 0 spiro atoms. The SMILES string of the molecule is CNC(=O)c1cn(CCCC/C(N)=C/C=C(\N)NC(=O)Cc2cc(OC3CCC3)ccn2)nn1. The van der Waals surface area contributed by atoms with E-state index in [1.807, 2.05) is 0 Å². The summed E-state index contributed by atoms with van der Waals surface area (Å²) in [6.07, 6.45) is 12.5. The molecule has 182 valence electrons. The zero-order valence-corrected chi connectivity index (χ0v) is 19.4. The van der Waals surface area contributed by atoms with Crippen LogP contribution in [0.15, 0.2) is 48.2 Å². The molecule has 1 aliphatic carbocycles. The van der Waals surface area contributed by atoms with Gasteiger partial charge in [0.05, 0.1) is 24.4 Å². The first-order valence-corrected chi connectivity index (χ1v) is 11.4. The summed E-state index contributed by atoms with van der Waals surface area (Å²) in [7, 11) is 1.55. The number of unbranched alkanes of at least 4 members (excludes halogenated alkanes) is 1. The number of nitrogens with one attached hydrogen (secondary N) is 2. The molecule has 0 radical (unpaired) electrons. The van der Waals surface area contributed by atoms with Crippen molar-refractivity contribution in [3.63, 3.8) is 0 Å². The molecule has 0 saturated heterocycles. The molecule has 1 aliphatic rings. The normalized spacial score (nSPS) is 14.4. The zero-order chi connectivity index (χ0) is 24.3. The minimum atomic E-state index is -0.266. The van der Waals surface area contributed by atoms with E-state index in [1.54, 1.807) is 48.4 Å². The average Bonchev–Trinajstić information content (AvgIpc) is 3.26. The largest absolute Gasteiger partial charge is 0.490 e. The lowest BCUT2D eigenvalue weighted by Gasteiger charge is -2.26. The van der Waals surface area contributed by atoms with Gasteiger partial charge in [0.2, 0.25) is 5.91 Å². The Balaban J connectivity index is 1.37. The summed E-state index contributed by atoms with van der Waals surface area (Å²) < 4.78 is 7.47. The van der Waals surface area contributed by atoms with Gasteiger partial charge in [-0.2, -0.15) is 0 Å². The maximum atomic E-state index is 12.3. The Labute approximate surface area is 198 Å². The maximum absolute atomic E-state index is 12.3. The van der Waals surface area contributed by atoms with Crippen molar-refractivity contribution in [3.8, 4) is 5.75 Å². The van der Waals surface area contributed by atoms with Crippen molar-refractivity contribution in [3.05, 3.63) is 59.6 Å². The van der Waals surface area contributed by atoms with E-state index in [1.165, 1.54) is 6.42 Å². The minimum Gasteiger partial charge on any atom is -0.490 e. The fourth-order valence-electron chi connectivity index (χ4n) is 3.24. The molecular formula is C23H32N8O3. The Bertz CT molecular complexity index is 1040. The molecule has 0 unspecified atom stereocenters. The number of aryl methyl sites for hydroxylation is 1. The second kappa shape index (κ2) is 12.4. The highest BCUT2D eigenvalue weighted by molar-refractivity contribution is 5.91. The predicted octanol–water partition coefficient (Wildman–Crippen LogP) is 1.14. The van der Waals surface area contributed by atoms with Gasteiger partial charge in [-0.05, 0) is 56.7 Å².